The second-order valence-electron chi connectivity index (χ2n) is 7.65. The van der Waals surface area contributed by atoms with Crippen LogP contribution in [-0.4, -0.2) is 47.9 Å². The predicted molar refractivity (Wildman–Crippen MR) is 103 cm³/mol. The Morgan fingerprint density at radius 1 is 0.923 bits per heavy atom. The Bertz CT molecular complexity index is 608. The largest absolute Gasteiger partial charge is 0.341 e. The Kier molecular flexibility index (Phi) is 6.53. The Morgan fingerprint density at radius 2 is 1.58 bits per heavy atom. The van der Waals surface area contributed by atoms with Gasteiger partial charge < -0.3 is 15.1 Å². The van der Waals surface area contributed by atoms with Crippen LogP contribution in [0.2, 0.25) is 0 Å². The molecule has 2 aliphatic rings. The SMILES string of the molecule is Cc1ccc(CNC(=O)N2CCCN(C(=O)C3CCCCC3)CC2)cc1. The molecule has 0 aromatic heterocycles. The summed E-state index contributed by atoms with van der Waals surface area (Å²) in [6.45, 7) is 5.37. The summed E-state index contributed by atoms with van der Waals surface area (Å²) in [6.07, 6.45) is 6.55. The molecule has 1 saturated carbocycles. The maximum atomic E-state index is 12.7. The molecule has 3 amide bonds. The smallest absolute Gasteiger partial charge is 0.317 e. The summed E-state index contributed by atoms with van der Waals surface area (Å²) >= 11 is 0. The highest BCUT2D eigenvalue weighted by Gasteiger charge is 2.28. The Hall–Kier alpha value is -2.04. The van der Waals surface area contributed by atoms with Crippen LogP contribution in [0.4, 0.5) is 4.79 Å². The fourth-order valence-corrected chi connectivity index (χ4v) is 3.94. The zero-order valence-corrected chi connectivity index (χ0v) is 15.9. The van der Waals surface area contributed by atoms with Gasteiger partial charge in [-0.3, -0.25) is 4.79 Å². The molecule has 0 spiro atoms. The number of nitrogens with one attached hydrogen (secondary N) is 1. The van der Waals surface area contributed by atoms with Crippen LogP contribution < -0.4 is 5.32 Å². The van der Waals surface area contributed by atoms with Gasteiger partial charge in [0, 0.05) is 38.6 Å². The van der Waals surface area contributed by atoms with Gasteiger partial charge in [-0.1, -0.05) is 49.1 Å². The maximum Gasteiger partial charge on any atom is 0.317 e. The lowest BCUT2D eigenvalue weighted by molar-refractivity contribution is -0.136. The third-order valence-electron chi connectivity index (χ3n) is 5.61. The summed E-state index contributed by atoms with van der Waals surface area (Å²) in [4.78, 5) is 29.0. The third kappa shape index (κ3) is 4.99. The van der Waals surface area contributed by atoms with Crippen molar-refractivity contribution in [3.63, 3.8) is 0 Å². The highest BCUT2D eigenvalue weighted by Crippen LogP contribution is 2.25. The van der Waals surface area contributed by atoms with Gasteiger partial charge in [-0.05, 0) is 31.7 Å². The lowest BCUT2D eigenvalue weighted by Crippen LogP contribution is -2.43. The average molecular weight is 357 g/mol. The van der Waals surface area contributed by atoms with Crippen molar-refractivity contribution < 1.29 is 9.59 Å². The van der Waals surface area contributed by atoms with Crippen LogP contribution in [0.1, 0.15) is 49.7 Å². The highest BCUT2D eigenvalue weighted by atomic mass is 16.2. The van der Waals surface area contributed by atoms with Crippen LogP contribution in [-0.2, 0) is 11.3 Å². The van der Waals surface area contributed by atoms with Gasteiger partial charge in [-0.25, -0.2) is 4.79 Å². The van der Waals surface area contributed by atoms with Crippen molar-refractivity contribution in [2.45, 2.75) is 52.0 Å². The van der Waals surface area contributed by atoms with Gasteiger partial charge in [0.15, 0.2) is 0 Å². The molecule has 1 aliphatic carbocycles. The van der Waals surface area contributed by atoms with Crippen molar-refractivity contribution in [2.24, 2.45) is 5.92 Å². The van der Waals surface area contributed by atoms with Crippen molar-refractivity contribution in [1.29, 1.82) is 0 Å². The molecule has 1 aromatic rings. The van der Waals surface area contributed by atoms with Gasteiger partial charge >= 0.3 is 6.03 Å². The molecule has 3 rings (SSSR count). The van der Waals surface area contributed by atoms with Crippen LogP contribution in [0.25, 0.3) is 0 Å². The first kappa shape index (κ1) is 18.7. The molecule has 0 unspecified atom stereocenters. The number of aryl methyl sites for hydroxylation is 1. The summed E-state index contributed by atoms with van der Waals surface area (Å²) in [5.74, 6) is 0.525. The quantitative estimate of drug-likeness (QED) is 0.902. The number of carbonyl (C=O) groups is 2. The molecule has 0 bridgehead atoms. The number of urea groups is 1. The normalized spacial score (nSPS) is 19.1. The molecule has 1 aromatic carbocycles. The van der Waals surface area contributed by atoms with Crippen molar-refractivity contribution >= 4 is 11.9 Å². The van der Waals surface area contributed by atoms with E-state index in [0.29, 0.717) is 32.1 Å². The Labute approximate surface area is 156 Å². The Balaban J connectivity index is 1.47. The first-order chi connectivity index (χ1) is 12.6. The molecule has 1 heterocycles. The molecule has 1 N–H and O–H groups in total. The van der Waals surface area contributed by atoms with E-state index in [0.717, 1.165) is 31.4 Å². The minimum Gasteiger partial charge on any atom is -0.341 e. The molecule has 0 radical (unpaired) electrons. The number of nitrogens with zero attached hydrogens (tertiary/aromatic N) is 2. The monoisotopic (exact) mass is 357 g/mol. The van der Waals surface area contributed by atoms with Crippen molar-refractivity contribution in [3.8, 4) is 0 Å². The first-order valence-electron chi connectivity index (χ1n) is 10.0. The minimum absolute atomic E-state index is 0.0301. The molecule has 5 nitrogen and oxygen atoms in total. The van der Waals surface area contributed by atoms with E-state index in [2.05, 4.69) is 24.4 Å². The number of amides is 3. The van der Waals surface area contributed by atoms with E-state index in [4.69, 9.17) is 0 Å². The molecule has 5 heteroatoms. The van der Waals surface area contributed by atoms with Gasteiger partial charge in [-0.2, -0.15) is 0 Å². The average Bonchev–Trinajstić information content (AvgIpc) is 2.94. The second-order valence-corrected chi connectivity index (χ2v) is 7.65. The number of carbonyl (C=O) groups excluding carboxylic acids is 2. The second kappa shape index (κ2) is 9.06. The molecule has 0 atom stereocenters. The summed E-state index contributed by atoms with van der Waals surface area (Å²) in [5, 5.41) is 3.01. The van der Waals surface area contributed by atoms with Gasteiger partial charge in [0.1, 0.15) is 0 Å². The molecular weight excluding hydrogens is 326 g/mol. The fraction of sp³-hybridized carbons (Fsp3) is 0.619. The van der Waals surface area contributed by atoms with Crippen molar-refractivity contribution in [1.82, 2.24) is 15.1 Å². The van der Waals surface area contributed by atoms with Crippen LogP contribution in [0.3, 0.4) is 0 Å². The van der Waals surface area contributed by atoms with E-state index in [-0.39, 0.29) is 11.9 Å². The molecule has 1 saturated heterocycles. The van der Waals surface area contributed by atoms with Crippen LogP contribution in [0.5, 0.6) is 0 Å². The number of hydrogen-bond donors (Lipinski definition) is 1. The van der Waals surface area contributed by atoms with Crippen LogP contribution in [0.15, 0.2) is 24.3 Å². The first-order valence-corrected chi connectivity index (χ1v) is 10.0. The van der Waals surface area contributed by atoms with E-state index in [1.165, 1.54) is 24.8 Å². The number of benzene rings is 1. The summed E-state index contributed by atoms with van der Waals surface area (Å²) in [5.41, 5.74) is 2.32. The highest BCUT2D eigenvalue weighted by molar-refractivity contribution is 5.79. The molecular formula is C21H31N3O2. The number of rotatable bonds is 3. The predicted octanol–water partition coefficient (Wildman–Crippen LogP) is 3.32. The fourth-order valence-electron chi connectivity index (χ4n) is 3.94. The summed E-state index contributed by atoms with van der Waals surface area (Å²) < 4.78 is 0. The standard InChI is InChI=1S/C21H31N3O2/c1-17-8-10-18(11-9-17)16-22-21(26)24-13-5-12-23(14-15-24)20(25)19-6-3-2-4-7-19/h8-11,19H,2-7,12-16H2,1H3,(H,22,26). The number of hydrogen-bond acceptors (Lipinski definition) is 2. The molecule has 142 valence electrons. The molecule has 1 aliphatic heterocycles. The molecule has 26 heavy (non-hydrogen) atoms. The summed E-state index contributed by atoms with van der Waals surface area (Å²) in [6, 6.07) is 8.17. The maximum absolute atomic E-state index is 12.7. The van der Waals surface area contributed by atoms with Crippen LogP contribution in [0, 0.1) is 12.8 Å². The van der Waals surface area contributed by atoms with E-state index < -0.39 is 0 Å². The van der Waals surface area contributed by atoms with Gasteiger partial charge in [0.05, 0.1) is 0 Å². The third-order valence-corrected chi connectivity index (χ3v) is 5.61. The van der Waals surface area contributed by atoms with E-state index in [9.17, 15) is 9.59 Å². The van der Waals surface area contributed by atoms with E-state index >= 15 is 0 Å². The van der Waals surface area contributed by atoms with E-state index in [1.54, 1.807) is 0 Å². The topological polar surface area (TPSA) is 52.7 Å². The molecule has 2 fully saturated rings. The van der Waals surface area contributed by atoms with Gasteiger partial charge in [0.2, 0.25) is 5.91 Å². The lowest BCUT2D eigenvalue weighted by Gasteiger charge is -2.28. The zero-order chi connectivity index (χ0) is 18.4. The van der Waals surface area contributed by atoms with Crippen molar-refractivity contribution in [2.75, 3.05) is 26.2 Å². The van der Waals surface area contributed by atoms with Crippen LogP contribution >= 0.6 is 0 Å². The van der Waals surface area contributed by atoms with E-state index in [1.807, 2.05) is 21.9 Å². The summed E-state index contributed by atoms with van der Waals surface area (Å²) in [7, 11) is 0. The Morgan fingerprint density at radius 3 is 2.31 bits per heavy atom. The lowest BCUT2D eigenvalue weighted by atomic mass is 9.88. The zero-order valence-electron chi connectivity index (χ0n) is 15.9. The van der Waals surface area contributed by atoms with Crippen molar-refractivity contribution in [3.05, 3.63) is 35.4 Å². The van der Waals surface area contributed by atoms with Gasteiger partial charge in [-0.15, -0.1) is 0 Å². The van der Waals surface area contributed by atoms with Gasteiger partial charge in [0.25, 0.3) is 0 Å². The minimum atomic E-state index is -0.0301.